The van der Waals surface area contributed by atoms with Crippen molar-refractivity contribution in [3.8, 4) is 0 Å². The van der Waals surface area contributed by atoms with Crippen LogP contribution < -0.4 is 0 Å². The van der Waals surface area contributed by atoms with E-state index in [2.05, 4.69) is 20.2 Å². The van der Waals surface area contributed by atoms with E-state index in [-0.39, 0.29) is 12.1 Å². The van der Waals surface area contributed by atoms with Gasteiger partial charge in [0.05, 0.1) is 24.6 Å². The molecule has 7 nitrogen and oxygen atoms in total. The average molecular weight is 412 g/mol. The summed E-state index contributed by atoms with van der Waals surface area (Å²) in [5.74, 6) is -0.180. The summed E-state index contributed by atoms with van der Waals surface area (Å²) in [6, 6.07) is 16.2. The fourth-order valence-electron chi connectivity index (χ4n) is 3.47. The maximum Gasteiger partial charge on any atom is 0.277 e. The molecule has 2 aliphatic heterocycles. The highest BCUT2D eigenvalue weighted by Crippen LogP contribution is 2.31. The van der Waals surface area contributed by atoms with Crippen LogP contribution in [0.5, 0.6) is 0 Å². The number of hydrogen-bond donors (Lipinski definition) is 0. The Labute approximate surface area is 174 Å². The van der Waals surface area contributed by atoms with Gasteiger partial charge in [0.2, 0.25) is 0 Å². The third-order valence-corrected chi connectivity index (χ3v) is 5.21. The van der Waals surface area contributed by atoms with Gasteiger partial charge in [-0.25, -0.2) is 5.01 Å². The Morgan fingerprint density at radius 2 is 1.79 bits per heavy atom. The second-order valence-electron chi connectivity index (χ2n) is 6.95. The van der Waals surface area contributed by atoms with E-state index in [0.717, 1.165) is 18.7 Å². The number of hydrogen-bond acceptors (Lipinski definition) is 6. The lowest BCUT2D eigenvalue weighted by Gasteiger charge is -2.38. The third kappa shape index (κ3) is 4.37. The number of halogens is 1. The van der Waals surface area contributed by atoms with Crippen molar-refractivity contribution in [2.75, 3.05) is 26.3 Å². The summed E-state index contributed by atoms with van der Waals surface area (Å²) in [7, 11) is 0. The summed E-state index contributed by atoms with van der Waals surface area (Å²) in [6.07, 6.45) is -0.293. The van der Waals surface area contributed by atoms with Crippen molar-refractivity contribution in [3.05, 3.63) is 65.2 Å². The highest BCUT2D eigenvalue weighted by Gasteiger charge is 2.41. The largest absolute Gasteiger partial charge is 0.379 e. The molecule has 0 N–H and O–H groups in total. The van der Waals surface area contributed by atoms with E-state index in [1.54, 1.807) is 29.3 Å². The van der Waals surface area contributed by atoms with E-state index in [1.165, 1.54) is 0 Å². The van der Waals surface area contributed by atoms with E-state index >= 15 is 0 Å². The minimum Gasteiger partial charge on any atom is -0.379 e. The molecule has 0 aromatic heterocycles. The Kier molecular flexibility index (Phi) is 5.99. The molecule has 1 saturated heterocycles. The predicted octanol–water partition coefficient (Wildman–Crippen LogP) is 4.04. The van der Waals surface area contributed by atoms with Crippen LogP contribution in [-0.2, 0) is 9.53 Å². The quantitative estimate of drug-likeness (QED) is 0.697. The van der Waals surface area contributed by atoms with Crippen molar-refractivity contribution in [2.45, 2.75) is 19.1 Å². The molecular weight excluding hydrogens is 390 g/mol. The average Bonchev–Trinajstić information content (AvgIpc) is 3.03. The summed E-state index contributed by atoms with van der Waals surface area (Å²) in [5.41, 5.74) is 2.28. The van der Waals surface area contributed by atoms with E-state index in [9.17, 15) is 4.79 Å². The molecular formula is C21H22ClN5O2. The third-order valence-electron chi connectivity index (χ3n) is 4.96. The first-order valence-corrected chi connectivity index (χ1v) is 9.92. The molecule has 2 heterocycles. The highest BCUT2D eigenvalue weighted by molar-refractivity contribution is 6.30. The molecule has 150 valence electrons. The van der Waals surface area contributed by atoms with Crippen LogP contribution in [0.15, 0.2) is 69.9 Å². The van der Waals surface area contributed by atoms with Gasteiger partial charge in [0.25, 0.3) is 5.91 Å². The van der Waals surface area contributed by atoms with Crippen LogP contribution in [0.2, 0.25) is 5.02 Å². The lowest BCUT2D eigenvalue weighted by atomic mass is 10.1. The monoisotopic (exact) mass is 411 g/mol. The number of carbonyl (C=O) groups excluding carboxylic acids is 1. The first-order chi connectivity index (χ1) is 14.1. The number of carbonyl (C=O) groups is 1. The smallest absolute Gasteiger partial charge is 0.277 e. The minimum absolute atomic E-state index is 0.180. The van der Waals surface area contributed by atoms with Gasteiger partial charge in [-0.05, 0) is 36.8 Å². The second kappa shape index (κ2) is 8.82. The number of azo groups is 1. The zero-order chi connectivity index (χ0) is 20.2. The fraction of sp³-hybridized carbons (Fsp3) is 0.333. The van der Waals surface area contributed by atoms with Crippen molar-refractivity contribution in [1.82, 2.24) is 9.91 Å². The zero-order valence-electron chi connectivity index (χ0n) is 16.1. The SMILES string of the molecule is CC1=NN(C(c2ccccc2)N2CCOCC2)C(=O)C1N=Nc1ccc(Cl)cc1. The van der Waals surface area contributed by atoms with Gasteiger partial charge in [0.1, 0.15) is 6.17 Å². The van der Waals surface area contributed by atoms with Gasteiger partial charge in [-0.1, -0.05) is 41.9 Å². The molecule has 1 fully saturated rings. The molecule has 2 atom stereocenters. The van der Waals surface area contributed by atoms with E-state index in [1.807, 2.05) is 37.3 Å². The van der Waals surface area contributed by atoms with Gasteiger partial charge in [0, 0.05) is 18.1 Å². The summed E-state index contributed by atoms with van der Waals surface area (Å²) >= 11 is 5.91. The molecule has 1 amide bonds. The molecule has 0 radical (unpaired) electrons. The lowest BCUT2D eigenvalue weighted by molar-refractivity contribution is -0.138. The second-order valence-corrected chi connectivity index (χ2v) is 7.39. The maximum absolute atomic E-state index is 13.2. The molecule has 2 aromatic carbocycles. The van der Waals surface area contributed by atoms with E-state index < -0.39 is 6.04 Å². The van der Waals surface area contributed by atoms with E-state index in [0.29, 0.717) is 29.6 Å². The van der Waals surface area contributed by atoms with Crippen LogP contribution in [-0.4, -0.2) is 53.9 Å². The number of hydrazone groups is 1. The molecule has 4 rings (SSSR count). The van der Waals surface area contributed by atoms with Crippen LogP contribution >= 0.6 is 11.6 Å². The zero-order valence-corrected chi connectivity index (χ0v) is 16.9. The Morgan fingerprint density at radius 3 is 2.48 bits per heavy atom. The van der Waals surface area contributed by atoms with Gasteiger partial charge in [0.15, 0.2) is 6.04 Å². The Hall–Kier alpha value is -2.61. The van der Waals surface area contributed by atoms with Crippen LogP contribution in [0.3, 0.4) is 0 Å². The van der Waals surface area contributed by atoms with Gasteiger partial charge < -0.3 is 4.74 Å². The number of ether oxygens (including phenoxy) is 1. The Bertz CT molecular complexity index is 910. The molecule has 2 unspecified atom stereocenters. The molecule has 2 aromatic rings. The fourth-order valence-corrected chi connectivity index (χ4v) is 3.60. The summed E-state index contributed by atoms with van der Waals surface area (Å²) < 4.78 is 5.49. The standard InChI is InChI=1S/C21H22ClN5O2/c1-15-19(24-23-18-9-7-17(22)8-10-18)21(28)27(25-15)20(16-5-3-2-4-6-16)26-11-13-29-14-12-26/h2-10,19-20H,11-14H2,1H3. The maximum atomic E-state index is 13.2. The molecule has 0 saturated carbocycles. The van der Waals surface area contributed by atoms with Crippen LogP contribution in [0.4, 0.5) is 5.69 Å². The van der Waals surface area contributed by atoms with Crippen molar-refractivity contribution in [2.24, 2.45) is 15.3 Å². The molecule has 29 heavy (non-hydrogen) atoms. The number of nitrogens with zero attached hydrogens (tertiary/aromatic N) is 5. The summed E-state index contributed by atoms with van der Waals surface area (Å²) in [4.78, 5) is 15.4. The Morgan fingerprint density at radius 1 is 1.10 bits per heavy atom. The normalized spacial score (nSPS) is 21.6. The van der Waals surface area contributed by atoms with Crippen molar-refractivity contribution in [1.29, 1.82) is 0 Å². The predicted molar refractivity (Wildman–Crippen MR) is 111 cm³/mol. The molecule has 0 spiro atoms. The Balaban J connectivity index is 1.59. The van der Waals surface area contributed by atoms with Crippen molar-refractivity contribution < 1.29 is 9.53 Å². The summed E-state index contributed by atoms with van der Waals surface area (Å²) in [5, 5.41) is 15.2. The highest BCUT2D eigenvalue weighted by atomic mass is 35.5. The topological polar surface area (TPSA) is 69.9 Å². The van der Waals surface area contributed by atoms with Crippen LogP contribution in [0, 0.1) is 0 Å². The molecule has 0 bridgehead atoms. The number of rotatable bonds is 5. The summed E-state index contributed by atoms with van der Waals surface area (Å²) in [6.45, 7) is 4.54. The van der Waals surface area contributed by atoms with Crippen LogP contribution in [0.25, 0.3) is 0 Å². The first kappa shape index (κ1) is 19.7. The van der Waals surface area contributed by atoms with Crippen molar-refractivity contribution >= 4 is 28.9 Å². The molecule has 8 heteroatoms. The van der Waals surface area contributed by atoms with E-state index in [4.69, 9.17) is 16.3 Å². The van der Waals surface area contributed by atoms with Gasteiger partial charge >= 0.3 is 0 Å². The minimum atomic E-state index is -0.724. The lowest BCUT2D eigenvalue weighted by Crippen LogP contribution is -2.47. The molecule has 2 aliphatic rings. The number of amides is 1. The van der Waals surface area contributed by atoms with Crippen molar-refractivity contribution in [3.63, 3.8) is 0 Å². The van der Waals surface area contributed by atoms with Gasteiger partial charge in [-0.3, -0.25) is 9.69 Å². The number of benzene rings is 2. The van der Waals surface area contributed by atoms with Gasteiger partial charge in [-0.2, -0.15) is 15.3 Å². The van der Waals surface area contributed by atoms with Gasteiger partial charge in [-0.15, -0.1) is 0 Å². The van der Waals surface area contributed by atoms with Crippen LogP contribution in [0.1, 0.15) is 18.7 Å². The number of morpholine rings is 1. The molecule has 0 aliphatic carbocycles. The first-order valence-electron chi connectivity index (χ1n) is 9.55.